The molecule has 0 aliphatic heterocycles. The van der Waals surface area contributed by atoms with Gasteiger partial charge in [0.2, 0.25) is 0 Å². The average Bonchev–Trinajstić information content (AvgIpc) is 3.37. The largest absolute Gasteiger partial charge is 0.497 e. The minimum Gasteiger partial charge on any atom is -0.497 e. The maximum Gasteiger partial charge on any atom is 0.286 e. The van der Waals surface area contributed by atoms with E-state index in [1.165, 1.54) is 18.5 Å². The third-order valence-electron chi connectivity index (χ3n) is 6.06. The van der Waals surface area contributed by atoms with Crippen molar-refractivity contribution in [2.45, 2.75) is 19.3 Å². The Kier molecular flexibility index (Phi) is 7.13. The molecule has 5 aromatic rings. The molecule has 12 heteroatoms. The maximum atomic E-state index is 13.5. The van der Waals surface area contributed by atoms with Gasteiger partial charge in [-0.3, -0.25) is 4.79 Å². The Bertz CT molecular complexity index is 1640. The molecule has 5 rings (SSSR count). The van der Waals surface area contributed by atoms with Gasteiger partial charge in [0.25, 0.3) is 3.91 Å². The Morgan fingerprint density at radius 1 is 1.18 bits per heavy atom. The summed E-state index contributed by atoms with van der Waals surface area (Å²) in [5.74, 6) is 0.692. The molecular weight excluding hydrogens is 602 g/mol. The van der Waals surface area contributed by atoms with E-state index < -0.39 is 0 Å². The smallest absolute Gasteiger partial charge is 0.286 e. The van der Waals surface area contributed by atoms with Crippen LogP contribution in [0.2, 0.25) is 0 Å². The number of rotatable bonds is 7. The number of fused-ring (bicyclic) bond motifs is 1. The molecule has 1 atom stereocenters. The highest BCUT2D eigenvalue weighted by atomic mass is 127. The number of ether oxygens (including phenoxy) is 1. The summed E-state index contributed by atoms with van der Waals surface area (Å²) in [6.07, 6.45) is 3.56. The SMILES string of the molecule is COc1cccc(Cc2nc(-c3nc(N)c([C@H](C)c4ccc(F)cc4)c(NC(=O)I)n3)cn3ncnc23)c1. The Morgan fingerprint density at radius 2 is 1.97 bits per heavy atom. The molecule has 0 aliphatic carbocycles. The first-order valence-corrected chi connectivity index (χ1v) is 12.6. The average molecular weight is 624 g/mol. The minimum atomic E-state index is -0.349. The number of carbonyl (C=O) groups is 1. The normalized spacial score (nSPS) is 11.9. The van der Waals surface area contributed by atoms with Crippen LogP contribution in [0.4, 0.5) is 20.8 Å². The molecule has 3 heterocycles. The van der Waals surface area contributed by atoms with Crippen LogP contribution in [0.5, 0.6) is 5.75 Å². The second kappa shape index (κ2) is 10.7. The van der Waals surface area contributed by atoms with E-state index in [0.29, 0.717) is 29.0 Å². The Morgan fingerprint density at radius 3 is 2.71 bits per heavy atom. The summed E-state index contributed by atoms with van der Waals surface area (Å²) in [6, 6.07) is 13.7. The van der Waals surface area contributed by atoms with Gasteiger partial charge in [0.05, 0.1) is 19.0 Å². The molecule has 0 fully saturated rings. The van der Waals surface area contributed by atoms with Crippen LogP contribution in [0.25, 0.3) is 17.2 Å². The lowest BCUT2D eigenvalue weighted by atomic mass is 9.93. The molecule has 38 heavy (non-hydrogen) atoms. The molecule has 3 N–H and O–H groups in total. The summed E-state index contributed by atoms with van der Waals surface area (Å²) in [6.45, 7) is 1.89. The highest BCUT2D eigenvalue weighted by Crippen LogP contribution is 2.35. The van der Waals surface area contributed by atoms with E-state index in [9.17, 15) is 9.18 Å². The molecule has 0 unspecified atom stereocenters. The van der Waals surface area contributed by atoms with Crippen molar-refractivity contribution in [3.63, 3.8) is 0 Å². The molecule has 0 radical (unpaired) electrons. The monoisotopic (exact) mass is 624 g/mol. The number of hydrogen-bond acceptors (Lipinski definition) is 8. The molecular formula is C26H22FIN8O2. The molecule has 10 nitrogen and oxygen atoms in total. The lowest BCUT2D eigenvalue weighted by molar-refractivity contribution is 0.271. The second-order valence-corrected chi connectivity index (χ2v) is 9.48. The first-order valence-electron chi connectivity index (χ1n) is 11.5. The van der Waals surface area contributed by atoms with Gasteiger partial charge in [-0.25, -0.2) is 28.8 Å². The number of hydrogen-bond donors (Lipinski definition) is 2. The summed E-state index contributed by atoms with van der Waals surface area (Å²) in [5.41, 5.74) is 10.4. The summed E-state index contributed by atoms with van der Waals surface area (Å²) in [4.78, 5) is 30.4. The number of amides is 1. The van der Waals surface area contributed by atoms with Crippen LogP contribution in [0.1, 0.15) is 35.2 Å². The van der Waals surface area contributed by atoms with Crippen LogP contribution in [0.3, 0.4) is 0 Å². The zero-order valence-electron chi connectivity index (χ0n) is 20.4. The third-order valence-corrected chi connectivity index (χ3v) is 6.33. The number of benzene rings is 2. The number of nitrogens with one attached hydrogen (secondary N) is 1. The highest BCUT2D eigenvalue weighted by Gasteiger charge is 2.23. The summed E-state index contributed by atoms with van der Waals surface area (Å²) in [5, 5.41) is 7.03. The Labute approximate surface area is 230 Å². The number of nitrogen functional groups attached to an aromatic ring is 1. The molecule has 2 aromatic carbocycles. The number of methoxy groups -OCH3 is 1. The standard InChI is InChI=1S/C26H22FIN8O2/c1-14(16-6-8-17(27)9-7-16)21-22(29)33-23(34-24(21)35-26(28)37)20-12-36-25(30-13-31-36)19(32-20)11-15-4-3-5-18(10-15)38-2/h3-10,12-14H,11H2,1-2H3,(H3,29,33,34,35,37)/t14-/m1/s1. The van der Waals surface area contributed by atoms with E-state index in [4.69, 9.17) is 15.5 Å². The number of anilines is 2. The summed E-state index contributed by atoms with van der Waals surface area (Å²) < 4.78 is 20.1. The van der Waals surface area contributed by atoms with Crippen molar-refractivity contribution in [2.24, 2.45) is 0 Å². The molecule has 1 amide bonds. The number of carbonyl (C=O) groups excluding carboxylic acids is 1. The molecule has 192 valence electrons. The van der Waals surface area contributed by atoms with Crippen molar-refractivity contribution in [3.8, 4) is 17.3 Å². The quantitative estimate of drug-likeness (QED) is 0.147. The van der Waals surface area contributed by atoms with Crippen molar-refractivity contribution < 1.29 is 13.9 Å². The maximum absolute atomic E-state index is 13.5. The van der Waals surface area contributed by atoms with Crippen molar-refractivity contribution in [2.75, 3.05) is 18.2 Å². The van der Waals surface area contributed by atoms with Crippen LogP contribution in [-0.4, -0.2) is 40.6 Å². The van der Waals surface area contributed by atoms with Gasteiger partial charge in [0, 0.05) is 40.5 Å². The summed E-state index contributed by atoms with van der Waals surface area (Å²) >= 11 is 1.63. The van der Waals surface area contributed by atoms with Gasteiger partial charge in [-0.15, -0.1) is 0 Å². The fourth-order valence-electron chi connectivity index (χ4n) is 4.23. The van der Waals surface area contributed by atoms with Gasteiger partial charge in [-0.05, 0) is 35.4 Å². The summed E-state index contributed by atoms with van der Waals surface area (Å²) in [7, 11) is 1.61. The molecule has 0 spiro atoms. The second-order valence-electron chi connectivity index (χ2n) is 8.50. The van der Waals surface area contributed by atoms with Crippen molar-refractivity contribution in [1.82, 2.24) is 29.5 Å². The first kappa shape index (κ1) is 25.4. The first-order chi connectivity index (χ1) is 18.3. The number of halogens is 2. The van der Waals surface area contributed by atoms with Crippen LogP contribution >= 0.6 is 22.6 Å². The van der Waals surface area contributed by atoms with Crippen molar-refractivity contribution in [3.05, 3.63) is 89.3 Å². The zero-order chi connectivity index (χ0) is 26.8. The van der Waals surface area contributed by atoms with Crippen LogP contribution < -0.4 is 15.8 Å². The highest BCUT2D eigenvalue weighted by molar-refractivity contribution is 14.1. The van der Waals surface area contributed by atoms with Gasteiger partial charge in [0.1, 0.15) is 35.2 Å². The number of nitrogens with zero attached hydrogens (tertiary/aromatic N) is 6. The number of aromatic nitrogens is 6. The van der Waals surface area contributed by atoms with Crippen molar-refractivity contribution in [1.29, 1.82) is 0 Å². The predicted octanol–water partition coefficient (Wildman–Crippen LogP) is 5.02. The molecule has 0 saturated heterocycles. The molecule has 3 aromatic heterocycles. The van der Waals surface area contributed by atoms with Gasteiger partial charge in [-0.1, -0.05) is 31.2 Å². The Hall–Kier alpha value is -4.20. The van der Waals surface area contributed by atoms with Crippen LogP contribution in [-0.2, 0) is 6.42 Å². The topological polar surface area (TPSA) is 133 Å². The van der Waals surface area contributed by atoms with E-state index in [0.717, 1.165) is 16.9 Å². The third kappa shape index (κ3) is 5.25. The van der Waals surface area contributed by atoms with Crippen LogP contribution in [0.15, 0.2) is 61.1 Å². The van der Waals surface area contributed by atoms with Gasteiger partial charge in [-0.2, -0.15) is 5.10 Å². The lowest BCUT2D eigenvalue weighted by Crippen LogP contribution is -2.14. The fraction of sp³-hybridized carbons (Fsp3) is 0.154. The van der Waals surface area contributed by atoms with E-state index >= 15 is 0 Å². The predicted molar refractivity (Wildman–Crippen MR) is 149 cm³/mol. The van der Waals surface area contributed by atoms with E-state index in [-0.39, 0.29) is 33.1 Å². The fourth-order valence-corrected chi connectivity index (χ4v) is 4.48. The van der Waals surface area contributed by atoms with E-state index in [1.807, 2.05) is 31.2 Å². The van der Waals surface area contributed by atoms with E-state index in [1.54, 1.807) is 52.5 Å². The Balaban J connectivity index is 1.60. The van der Waals surface area contributed by atoms with Crippen molar-refractivity contribution >= 4 is 43.8 Å². The molecule has 0 saturated carbocycles. The minimum absolute atomic E-state index is 0.168. The van der Waals surface area contributed by atoms with Gasteiger partial charge in [0.15, 0.2) is 11.5 Å². The number of nitrogens with two attached hydrogens (primary N) is 1. The van der Waals surface area contributed by atoms with E-state index in [2.05, 4.69) is 25.4 Å². The lowest BCUT2D eigenvalue weighted by Gasteiger charge is -2.19. The molecule has 0 aliphatic rings. The van der Waals surface area contributed by atoms with Gasteiger partial charge >= 0.3 is 0 Å². The van der Waals surface area contributed by atoms with Gasteiger partial charge < -0.3 is 15.8 Å². The molecule has 0 bridgehead atoms. The van der Waals surface area contributed by atoms with Crippen LogP contribution in [0, 0.1) is 5.82 Å². The zero-order valence-corrected chi connectivity index (χ0v) is 22.5.